The van der Waals surface area contributed by atoms with Crippen LogP contribution in [0.3, 0.4) is 0 Å². The van der Waals surface area contributed by atoms with E-state index in [-0.39, 0.29) is 5.82 Å². The van der Waals surface area contributed by atoms with Gasteiger partial charge in [-0.3, -0.25) is 0 Å². The zero-order chi connectivity index (χ0) is 24.1. The van der Waals surface area contributed by atoms with Gasteiger partial charge in [-0.25, -0.2) is 8.78 Å². The van der Waals surface area contributed by atoms with Gasteiger partial charge in [-0.15, -0.1) is 6.58 Å². The van der Waals surface area contributed by atoms with Crippen LogP contribution in [0.15, 0.2) is 61.2 Å². The van der Waals surface area contributed by atoms with E-state index < -0.39 is 24.5 Å². The molecule has 0 radical (unpaired) electrons. The third-order valence-electron chi connectivity index (χ3n) is 5.97. The van der Waals surface area contributed by atoms with E-state index in [9.17, 15) is 13.2 Å². The second-order valence-corrected chi connectivity index (χ2v) is 8.39. The molecule has 0 atom stereocenters. The van der Waals surface area contributed by atoms with Gasteiger partial charge in [0.2, 0.25) is 0 Å². The highest BCUT2D eigenvalue weighted by atomic mass is 19.3. The molecule has 3 aromatic rings. The van der Waals surface area contributed by atoms with Crippen LogP contribution in [0.1, 0.15) is 35.8 Å². The van der Waals surface area contributed by atoms with Crippen molar-refractivity contribution in [1.29, 1.82) is 0 Å². The number of benzene rings is 3. The third kappa shape index (κ3) is 5.77. The molecule has 34 heavy (non-hydrogen) atoms. The molecule has 3 aromatic carbocycles. The Bertz CT molecular complexity index is 1140. The lowest BCUT2D eigenvalue weighted by atomic mass is 9.98. The Morgan fingerprint density at radius 3 is 2.50 bits per heavy atom. The number of hydrogen-bond donors (Lipinski definition) is 0. The molecule has 0 bridgehead atoms. The highest BCUT2D eigenvalue weighted by Gasteiger charge is 2.23. The van der Waals surface area contributed by atoms with Crippen molar-refractivity contribution >= 4 is 10.8 Å². The van der Waals surface area contributed by atoms with Gasteiger partial charge in [0.25, 0.3) is 0 Å². The molecule has 0 unspecified atom stereocenters. The molecule has 1 fully saturated rings. The van der Waals surface area contributed by atoms with E-state index in [1.54, 1.807) is 18.2 Å². The average Bonchev–Trinajstić information content (AvgIpc) is 2.84. The summed E-state index contributed by atoms with van der Waals surface area (Å²) in [5.41, 5.74) is 1.89. The number of aryl methyl sites for hydroxylation is 2. The number of allylic oxidation sites excluding steroid dienone is 1. The fourth-order valence-corrected chi connectivity index (χ4v) is 4.12. The maximum absolute atomic E-state index is 15.2. The van der Waals surface area contributed by atoms with Crippen molar-refractivity contribution < 1.29 is 31.8 Å². The van der Waals surface area contributed by atoms with Crippen LogP contribution in [0.2, 0.25) is 0 Å². The van der Waals surface area contributed by atoms with Gasteiger partial charge >= 0.3 is 6.61 Å². The van der Waals surface area contributed by atoms with Crippen molar-refractivity contribution in [2.45, 2.75) is 38.6 Å². The first-order valence-corrected chi connectivity index (χ1v) is 11.2. The Morgan fingerprint density at radius 1 is 1.00 bits per heavy atom. The Labute approximate surface area is 195 Å². The van der Waals surface area contributed by atoms with Crippen molar-refractivity contribution in [1.82, 2.24) is 0 Å². The lowest BCUT2D eigenvalue weighted by Gasteiger charge is -2.29. The maximum Gasteiger partial charge on any atom is 0.387 e. The summed E-state index contributed by atoms with van der Waals surface area (Å²) in [5.74, 6) is -1.37. The number of rotatable bonds is 9. The average molecular weight is 474 g/mol. The SMILES string of the molecule is C=CCCC1COC(c2ccc3c(F)c(CCc4ccc(OC(F)F)c(F)c4)ccc3c2)OC1. The predicted molar refractivity (Wildman–Crippen MR) is 122 cm³/mol. The normalized spacial score (nSPS) is 18.4. The van der Waals surface area contributed by atoms with Crippen LogP contribution in [-0.2, 0) is 22.3 Å². The molecule has 1 aliphatic heterocycles. The maximum atomic E-state index is 15.2. The van der Waals surface area contributed by atoms with E-state index >= 15 is 4.39 Å². The largest absolute Gasteiger partial charge is 0.432 e. The van der Waals surface area contributed by atoms with E-state index in [0.29, 0.717) is 48.5 Å². The van der Waals surface area contributed by atoms with Gasteiger partial charge in [0.15, 0.2) is 17.9 Å². The standard InChI is InChI=1S/C27H26F4O3/c1-2-3-4-18-15-32-26(33-16-18)21-10-11-22-20(14-21)9-8-19(25(22)29)7-5-17-6-12-24(23(28)13-17)34-27(30)31/h2,6,8-14,18,26-27H,1,3-5,7,15-16H2. The topological polar surface area (TPSA) is 27.7 Å². The van der Waals surface area contributed by atoms with E-state index in [0.717, 1.165) is 35.9 Å². The molecule has 0 N–H and O–H groups in total. The smallest absolute Gasteiger partial charge is 0.387 e. The van der Waals surface area contributed by atoms with Crippen LogP contribution in [0.4, 0.5) is 17.6 Å². The summed E-state index contributed by atoms with van der Waals surface area (Å²) in [4.78, 5) is 0. The molecule has 3 nitrogen and oxygen atoms in total. The van der Waals surface area contributed by atoms with Gasteiger partial charge in [-0.2, -0.15) is 8.78 Å². The summed E-state index contributed by atoms with van der Waals surface area (Å²) in [6, 6.07) is 12.7. The van der Waals surface area contributed by atoms with Crippen LogP contribution in [-0.4, -0.2) is 19.8 Å². The lowest BCUT2D eigenvalue weighted by Crippen LogP contribution is -2.27. The van der Waals surface area contributed by atoms with Crippen LogP contribution in [0.25, 0.3) is 10.8 Å². The lowest BCUT2D eigenvalue weighted by molar-refractivity contribution is -0.205. The summed E-state index contributed by atoms with van der Waals surface area (Å²) in [7, 11) is 0. The molecule has 4 rings (SSSR count). The molecule has 0 aromatic heterocycles. The zero-order valence-electron chi connectivity index (χ0n) is 18.6. The fourth-order valence-electron chi connectivity index (χ4n) is 4.12. The molecule has 180 valence electrons. The highest BCUT2D eigenvalue weighted by Crippen LogP contribution is 2.31. The molecular formula is C27H26F4O3. The predicted octanol–water partition coefficient (Wildman–Crippen LogP) is 7.13. The number of hydrogen-bond acceptors (Lipinski definition) is 3. The Hall–Kier alpha value is -2.90. The molecular weight excluding hydrogens is 448 g/mol. The van der Waals surface area contributed by atoms with E-state index in [4.69, 9.17) is 9.47 Å². The van der Waals surface area contributed by atoms with E-state index in [1.807, 2.05) is 18.2 Å². The van der Waals surface area contributed by atoms with Gasteiger partial charge in [-0.1, -0.05) is 36.4 Å². The van der Waals surface area contributed by atoms with Crippen molar-refractivity contribution in [3.63, 3.8) is 0 Å². The van der Waals surface area contributed by atoms with Crippen molar-refractivity contribution in [3.05, 3.63) is 89.5 Å². The van der Waals surface area contributed by atoms with E-state index in [1.165, 1.54) is 6.07 Å². The van der Waals surface area contributed by atoms with Crippen LogP contribution in [0, 0.1) is 17.6 Å². The summed E-state index contributed by atoms with van der Waals surface area (Å²) >= 11 is 0. The number of fused-ring (bicyclic) bond motifs is 1. The Balaban J connectivity index is 1.42. The second-order valence-electron chi connectivity index (χ2n) is 8.39. The Kier molecular flexibility index (Phi) is 7.85. The van der Waals surface area contributed by atoms with Gasteiger partial charge in [-0.05, 0) is 60.4 Å². The van der Waals surface area contributed by atoms with E-state index in [2.05, 4.69) is 11.3 Å². The Morgan fingerprint density at radius 2 is 1.79 bits per heavy atom. The van der Waals surface area contributed by atoms with Crippen LogP contribution >= 0.6 is 0 Å². The second kappa shape index (κ2) is 11.0. The molecule has 0 amide bonds. The van der Waals surface area contributed by atoms with Crippen molar-refractivity contribution in [2.75, 3.05) is 13.2 Å². The number of alkyl halides is 2. The van der Waals surface area contributed by atoms with Crippen LogP contribution in [0.5, 0.6) is 5.75 Å². The summed E-state index contributed by atoms with van der Waals surface area (Å²) in [6.45, 7) is 1.86. The van der Waals surface area contributed by atoms with Gasteiger partial charge in [0, 0.05) is 16.9 Å². The molecule has 7 heteroatoms. The van der Waals surface area contributed by atoms with Gasteiger partial charge < -0.3 is 14.2 Å². The van der Waals surface area contributed by atoms with Crippen molar-refractivity contribution in [3.8, 4) is 5.75 Å². The summed E-state index contributed by atoms with van der Waals surface area (Å²) in [5, 5.41) is 1.21. The quantitative estimate of drug-likeness (QED) is 0.244. The zero-order valence-corrected chi connectivity index (χ0v) is 18.6. The number of ether oxygens (including phenoxy) is 3. The molecule has 0 saturated carbocycles. The highest BCUT2D eigenvalue weighted by molar-refractivity contribution is 5.84. The minimum atomic E-state index is -3.09. The number of halogens is 4. The minimum Gasteiger partial charge on any atom is -0.432 e. The minimum absolute atomic E-state index is 0.332. The first-order chi connectivity index (χ1) is 16.4. The van der Waals surface area contributed by atoms with Crippen molar-refractivity contribution in [2.24, 2.45) is 5.92 Å². The molecule has 1 aliphatic rings. The molecule has 1 saturated heterocycles. The first kappa shape index (κ1) is 24.2. The molecule has 0 aliphatic carbocycles. The van der Waals surface area contributed by atoms with Crippen LogP contribution < -0.4 is 4.74 Å². The summed E-state index contributed by atoms with van der Waals surface area (Å²) in [6.07, 6.45) is 3.99. The van der Waals surface area contributed by atoms with Gasteiger partial charge in [0.1, 0.15) is 5.82 Å². The third-order valence-corrected chi connectivity index (χ3v) is 5.97. The van der Waals surface area contributed by atoms with Gasteiger partial charge in [0.05, 0.1) is 13.2 Å². The monoisotopic (exact) mass is 474 g/mol. The fraction of sp³-hybridized carbons (Fsp3) is 0.333. The molecule has 0 spiro atoms. The first-order valence-electron chi connectivity index (χ1n) is 11.2. The molecule has 1 heterocycles. The summed E-state index contributed by atoms with van der Waals surface area (Å²) < 4.78 is 69.5.